The quantitative estimate of drug-likeness (QED) is 0.350. The predicted octanol–water partition coefficient (Wildman–Crippen LogP) is -1.07. The Kier molecular flexibility index (Phi) is 6.98. The van der Waals surface area contributed by atoms with Gasteiger partial charge in [-0.15, -0.1) is 0 Å². The Morgan fingerprint density at radius 3 is 1.05 bits per heavy atom. The van der Waals surface area contributed by atoms with Gasteiger partial charge in [-0.1, -0.05) is 20.8 Å². The van der Waals surface area contributed by atoms with Gasteiger partial charge in [-0.2, -0.15) is 0 Å². The Hall–Kier alpha value is -1.79. The number of carbonyl (C=O) groups excluding carboxylic acids is 3. The summed E-state index contributed by atoms with van der Waals surface area (Å²) in [6, 6.07) is 0. The van der Waals surface area contributed by atoms with Crippen LogP contribution in [0.2, 0.25) is 0 Å². The van der Waals surface area contributed by atoms with E-state index in [-0.39, 0.29) is 0 Å². The Morgan fingerprint density at radius 2 is 0.905 bits per heavy atom. The Bertz CT molecular complexity index is 420. The topological polar surface area (TPSA) is 98.0 Å². The summed E-state index contributed by atoms with van der Waals surface area (Å²) in [7, 11) is -2.11. The highest BCUT2D eigenvalue weighted by atomic mass is 16.1. The van der Waals surface area contributed by atoms with Crippen LogP contribution in [0.5, 0.6) is 0 Å². The van der Waals surface area contributed by atoms with Crippen LogP contribution in [0.3, 0.4) is 0 Å². The van der Waals surface area contributed by atoms with Crippen LogP contribution in [0, 0.1) is 0 Å². The lowest BCUT2D eigenvalue weighted by molar-refractivity contribution is 0.448. The fourth-order valence-corrected chi connectivity index (χ4v) is 2.50. The molecule has 21 heavy (non-hydrogen) atoms. The SMILES string of the molecule is CCN1B(N=C=O)N(CC)B(N=C=O)N(CC)B1N=C=O. The van der Waals surface area contributed by atoms with Crippen LogP contribution in [0.1, 0.15) is 20.8 Å². The minimum Gasteiger partial charge on any atom is -0.313 e. The maximum atomic E-state index is 10.7. The molecule has 1 aliphatic rings. The van der Waals surface area contributed by atoms with E-state index in [0.29, 0.717) is 19.6 Å². The van der Waals surface area contributed by atoms with E-state index in [1.165, 1.54) is 18.2 Å². The molecule has 0 radical (unpaired) electrons. The molecule has 0 N–H and O–H groups in total. The molecule has 0 atom stereocenters. The Morgan fingerprint density at radius 1 is 0.667 bits per heavy atom. The van der Waals surface area contributed by atoms with Crippen molar-refractivity contribution in [1.29, 1.82) is 0 Å². The maximum Gasteiger partial charge on any atom is 0.451 e. The van der Waals surface area contributed by atoms with E-state index < -0.39 is 21.4 Å². The molecule has 0 aliphatic carbocycles. The van der Waals surface area contributed by atoms with Gasteiger partial charge < -0.3 is 14.2 Å². The van der Waals surface area contributed by atoms with Gasteiger partial charge in [0, 0.05) is 0 Å². The first-order chi connectivity index (χ1) is 10.2. The molecule has 9 nitrogen and oxygen atoms in total. The van der Waals surface area contributed by atoms with Gasteiger partial charge in [0.2, 0.25) is 18.2 Å². The van der Waals surface area contributed by atoms with Crippen LogP contribution >= 0.6 is 0 Å². The van der Waals surface area contributed by atoms with Gasteiger partial charge in [0.1, 0.15) is 0 Å². The summed E-state index contributed by atoms with van der Waals surface area (Å²) in [6.45, 7) is 7.01. The fraction of sp³-hybridized carbons (Fsp3) is 0.667. The number of nitrogens with zero attached hydrogens (tertiary/aromatic N) is 6. The molecule has 0 saturated carbocycles. The van der Waals surface area contributed by atoms with Crippen molar-refractivity contribution in [1.82, 2.24) is 14.2 Å². The summed E-state index contributed by atoms with van der Waals surface area (Å²) >= 11 is 0. The van der Waals surface area contributed by atoms with Crippen molar-refractivity contribution in [3.05, 3.63) is 0 Å². The monoisotopic (exact) mass is 288 g/mol. The first-order valence-electron chi connectivity index (χ1n) is 6.68. The van der Waals surface area contributed by atoms with Crippen molar-refractivity contribution in [2.45, 2.75) is 20.8 Å². The van der Waals surface area contributed by atoms with Crippen molar-refractivity contribution < 1.29 is 14.4 Å². The van der Waals surface area contributed by atoms with E-state index in [1.54, 1.807) is 14.2 Å². The molecule has 0 unspecified atom stereocenters. The Labute approximate surface area is 124 Å². The van der Waals surface area contributed by atoms with E-state index in [4.69, 9.17) is 0 Å². The lowest BCUT2D eigenvalue weighted by atomic mass is 9.57. The fourth-order valence-electron chi connectivity index (χ4n) is 2.50. The predicted molar refractivity (Wildman–Crippen MR) is 78.8 cm³/mol. The van der Waals surface area contributed by atoms with Gasteiger partial charge in [-0.05, 0) is 19.6 Å². The molecule has 108 valence electrons. The number of rotatable bonds is 6. The van der Waals surface area contributed by atoms with Gasteiger partial charge in [0.15, 0.2) is 0 Å². The van der Waals surface area contributed by atoms with Crippen molar-refractivity contribution >= 4 is 39.6 Å². The molecule has 1 rings (SSSR count). The summed E-state index contributed by atoms with van der Waals surface area (Å²) in [5.41, 5.74) is 0. The summed E-state index contributed by atoms with van der Waals surface area (Å²) in [5, 5.41) is 0. The third-order valence-electron chi connectivity index (χ3n) is 3.38. The molecular formula is C9H15B3N6O3. The Balaban J connectivity index is 3.40. The lowest BCUT2D eigenvalue weighted by Crippen LogP contribution is -2.76. The van der Waals surface area contributed by atoms with Crippen molar-refractivity contribution in [3.63, 3.8) is 0 Å². The molecule has 1 fully saturated rings. The van der Waals surface area contributed by atoms with Gasteiger partial charge in [-0.25, -0.2) is 29.1 Å². The highest BCUT2D eigenvalue weighted by Crippen LogP contribution is 2.20. The molecule has 0 aromatic carbocycles. The van der Waals surface area contributed by atoms with Crippen LogP contribution < -0.4 is 0 Å². The van der Waals surface area contributed by atoms with Crippen LogP contribution in [0.15, 0.2) is 14.7 Å². The first-order valence-corrected chi connectivity index (χ1v) is 6.68. The van der Waals surface area contributed by atoms with Crippen LogP contribution in [-0.4, -0.2) is 73.4 Å². The molecule has 12 heteroatoms. The van der Waals surface area contributed by atoms with Crippen molar-refractivity contribution in [3.8, 4) is 0 Å². The summed E-state index contributed by atoms with van der Waals surface area (Å²) < 4.78 is 5.17. The number of hydrogen-bond donors (Lipinski definition) is 0. The lowest BCUT2D eigenvalue weighted by Gasteiger charge is -2.46. The maximum absolute atomic E-state index is 10.7. The molecule has 1 saturated heterocycles. The normalized spacial score (nSPS) is 17.0. The smallest absolute Gasteiger partial charge is 0.313 e. The van der Waals surface area contributed by atoms with Crippen LogP contribution in [-0.2, 0) is 14.4 Å². The minimum absolute atomic E-state index is 0.482. The van der Waals surface area contributed by atoms with E-state index in [9.17, 15) is 14.4 Å². The minimum atomic E-state index is -0.704. The molecule has 0 spiro atoms. The van der Waals surface area contributed by atoms with E-state index in [0.717, 1.165) is 0 Å². The highest BCUT2D eigenvalue weighted by molar-refractivity contribution is 6.85. The zero-order valence-corrected chi connectivity index (χ0v) is 12.3. The van der Waals surface area contributed by atoms with Gasteiger partial charge in [-0.3, -0.25) is 0 Å². The third-order valence-corrected chi connectivity index (χ3v) is 3.38. The van der Waals surface area contributed by atoms with E-state index in [1.807, 2.05) is 20.8 Å². The molecule has 0 bridgehead atoms. The van der Waals surface area contributed by atoms with Crippen LogP contribution in [0.25, 0.3) is 0 Å². The summed E-state index contributed by atoms with van der Waals surface area (Å²) in [5.74, 6) is 0. The largest absolute Gasteiger partial charge is 0.451 e. The number of hydrogen-bond acceptors (Lipinski definition) is 9. The third kappa shape index (κ3) is 3.46. The highest BCUT2D eigenvalue weighted by Gasteiger charge is 2.54. The first kappa shape index (κ1) is 17.3. The van der Waals surface area contributed by atoms with Gasteiger partial charge >= 0.3 is 21.4 Å². The standard InChI is InChI=1S/C9H15B3N6O3/c1-4-16-10(13-7-19)17(5-2)12(15-9-21)18(6-3)11(16)14-8-20/h4-6H2,1-3H3. The summed E-state index contributed by atoms with van der Waals surface area (Å²) in [4.78, 5) is 43.4. The molecule has 0 aromatic heterocycles. The zero-order valence-electron chi connectivity index (χ0n) is 12.3. The summed E-state index contributed by atoms with van der Waals surface area (Å²) in [6.07, 6.45) is 4.55. The average molecular weight is 288 g/mol. The van der Waals surface area contributed by atoms with E-state index in [2.05, 4.69) is 14.7 Å². The molecular weight excluding hydrogens is 273 g/mol. The molecule has 1 heterocycles. The second-order valence-corrected chi connectivity index (χ2v) is 4.19. The van der Waals surface area contributed by atoms with Crippen molar-refractivity contribution in [2.75, 3.05) is 19.6 Å². The van der Waals surface area contributed by atoms with Crippen molar-refractivity contribution in [2.24, 2.45) is 14.7 Å². The number of isocyanates is 3. The van der Waals surface area contributed by atoms with Crippen LogP contribution in [0.4, 0.5) is 0 Å². The van der Waals surface area contributed by atoms with E-state index >= 15 is 0 Å². The average Bonchev–Trinajstić information content (AvgIpc) is 2.49. The van der Waals surface area contributed by atoms with Gasteiger partial charge in [0.25, 0.3) is 0 Å². The molecule has 0 amide bonds. The second-order valence-electron chi connectivity index (χ2n) is 4.19. The molecule has 1 aliphatic heterocycles. The molecule has 0 aromatic rings. The second kappa shape index (κ2) is 8.49. The van der Waals surface area contributed by atoms with Gasteiger partial charge in [0.05, 0.1) is 0 Å². The zero-order chi connectivity index (χ0) is 15.8.